The van der Waals surface area contributed by atoms with Crippen molar-refractivity contribution in [1.82, 2.24) is 0 Å². The molecule has 1 atom stereocenters. The first kappa shape index (κ1) is 20.1. The molecule has 0 heterocycles. The van der Waals surface area contributed by atoms with Crippen LogP contribution in [0, 0.1) is 5.92 Å². The van der Waals surface area contributed by atoms with E-state index in [0.29, 0.717) is 0 Å². The van der Waals surface area contributed by atoms with E-state index in [1.54, 1.807) is 0 Å². The van der Waals surface area contributed by atoms with Gasteiger partial charge in [-0.15, -0.1) is 0 Å². The molecule has 8 nitrogen and oxygen atoms in total. The first-order valence-electron chi connectivity index (χ1n) is 6.79. The van der Waals surface area contributed by atoms with Gasteiger partial charge in [0.25, 0.3) is 0 Å². The molecule has 0 amide bonds. The maximum Gasteiger partial charge on any atom is 0.333 e. The fourth-order valence-corrected chi connectivity index (χ4v) is 1.40. The van der Waals surface area contributed by atoms with Crippen molar-refractivity contribution in [2.24, 2.45) is 5.92 Å². The highest BCUT2D eigenvalue weighted by atomic mass is 16.6. The number of esters is 3. The van der Waals surface area contributed by atoms with Crippen LogP contribution in [0.15, 0.2) is 12.2 Å². The molecule has 0 saturated carbocycles. The predicted octanol–water partition coefficient (Wildman–Crippen LogP) is -0.427. The lowest BCUT2D eigenvalue weighted by Gasteiger charge is -2.15. The summed E-state index contributed by atoms with van der Waals surface area (Å²) in [5.74, 6) is -2.83. The van der Waals surface area contributed by atoms with Crippen molar-refractivity contribution in [2.75, 3.05) is 33.0 Å². The number of rotatable bonds is 11. The van der Waals surface area contributed by atoms with Crippen LogP contribution in [-0.2, 0) is 28.6 Å². The first-order valence-corrected chi connectivity index (χ1v) is 6.79. The van der Waals surface area contributed by atoms with Crippen molar-refractivity contribution in [3.05, 3.63) is 12.2 Å². The van der Waals surface area contributed by atoms with Gasteiger partial charge in [-0.2, -0.15) is 0 Å². The van der Waals surface area contributed by atoms with E-state index in [1.807, 2.05) is 0 Å². The van der Waals surface area contributed by atoms with E-state index >= 15 is 0 Å². The minimum absolute atomic E-state index is 0.0670. The highest BCUT2D eigenvalue weighted by molar-refractivity contribution is 5.87. The van der Waals surface area contributed by atoms with Gasteiger partial charge in [-0.25, -0.2) is 4.79 Å². The molecule has 0 spiro atoms. The molecule has 0 fully saturated rings. The van der Waals surface area contributed by atoms with Crippen LogP contribution >= 0.6 is 0 Å². The summed E-state index contributed by atoms with van der Waals surface area (Å²) in [6, 6.07) is 0. The average molecular weight is 318 g/mol. The Morgan fingerprint density at radius 3 is 2.14 bits per heavy atom. The molecule has 0 aliphatic carbocycles. The maximum atomic E-state index is 11.8. The zero-order chi connectivity index (χ0) is 17.0. The number of carbonyl (C=O) groups excluding carboxylic acids is 3. The Morgan fingerprint density at radius 1 is 1.00 bits per heavy atom. The number of hydrogen-bond donors (Lipinski definition) is 2. The number of aliphatic hydroxyl groups excluding tert-OH is 2. The summed E-state index contributed by atoms with van der Waals surface area (Å²) in [5, 5.41) is 17.2. The van der Waals surface area contributed by atoms with E-state index in [0.717, 1.165) is 0 Å². The second kappa shape index (κ2) is 11.7. The van der Waals surface area contributed by atoms with E-state index in [2.05, 4.69) is 11.3 Å². The van der Waals surface area contributed by atoms with Gasteiger partial charge < -0.3 is 24.4 Å². The second-order valence-corrected chi connectivity index (χ2v) is 4.44. The van der Waals surface area contributed by atoms with Gasteiger partial charge in [0.05, 0.1) is 32.2 Å². The molecule has 0 aliphatic heterocycles. The third-order valence-corrected chi connectivity index (χ3v) is 2.48. The van der Waals surface area contributed by atoms with Gasteiger partial charge in [-0.1, -0.05) is 6.58 Å². The molecule has 22 heavy (non-hydrogen) atoms. The van der Waals surface area contributed by atoms with Gasteiger partial charge >= 0.3 is 17.9 Å². The average Bonchev–Trinajstić information content (AvgIpc) is 2.49. The van der Waals surface area contributed by atoms with E-state index in [1.165, 1.54) is 6.92 Å². The summed E-state index contributed by atoms with van der Waals surface area (Å²) >= 11 is 0. The van der Waals surface area contributed by atoms with Crippen LogP contribution < -0.4 is 0 Å². The highest BCUT2D eigenvalue weighted by Crippen LogP contribution is 2.13. The van der Waals surface area contributed by atoms with Crippen molar-refractivity contribution < 1.29 is 38.8 Å². The van der Waals surface area contributed by atoms with Gasteiger partial charge in [0.15, 0.2) is 0 Å². The largest absolute Gasteiger partial charge is 0.463 e. The van der Waals surface area contributed by atoms with Crippen LogP contribution in [0.5, 0.6) is 0 Å². The third-order valence-electron chi connectivity index (χ3n) is 2.48. The molecule has 0 rings (SSSR count). The molecule has 126 valence electrons. The molecule has 0 saturated heterocycles. The minimum atomic E-state index is -0.865. The summed E-state index contributed by atoms with van der Waals surface area (Å²) in [6.07, 6.45) is -0.202. The molecule has 0 bridgehead atoms. The molecule has 0 aromatic carbocycles. The first-order chi connectivity index (χ1) is 10.4. The summed E-state index contributed by atoms with van der Waals surface area (Å²) < 4.78 is 14.3. The molecule has 1 unspecified atom stereocenters. The Kier molecular flexibility index (Phi) is 10.7. The van der Waals surface area contributed by atoms with Gasteiger partial charge in [0, 0.05) is 5.57 Å². The number of carbonyl (C=O) groups is 3. The van der Waals surface area contributed by atoms with E-state index < -0.39 is 23.8 Å². The van der Waals surface area contributed by atoms with Crippen LogP contribution in [0.1, 0.15) is 19.8 Å². The quantitative estimate of drug-likeness (QED) is 0.299. The van der Waals surface area contributed by atoms with Crippen molar-refractivity contribution in [2.45, 2.75) is 19.8 Å². The Labute approximate surface area is 128 Å². The Bertz CT molecular complexity index is 390. The third kappa shape index (κ3) is 9.09. The van der Waals surface area contributed by atoms with E-state index in [4.69, 9.17) is 19.7 Å². The number of aliphatic hydroxyl groups is 2. The van der Waals surface area contributed by atoms with Crippen LogP contribution in [-0.4, -0.2) is 61.2 Å². The lowest BCUT2D eigenvalue weighted by molar-refractivity contribution is -0.157. The summed E-state index contributed by atoms with van der Waals surface area (Å²) in [7, 11) is 0. The van der Waals surface area contributed by atoms with Gasteiger partial charge in [-0.05, 0) is 13.3 Å². The summed E-state index contributed by atoms with van der Waals surface area (Å²) in [4.78, 5) is 34.5. The molecule has 8 heteroatoms. The number of ether oxygens (including phenoxy) is 3. The fraction of sp³-hybridized carbons (Fsp3) is 0.643. The topological polar surface area (TPSA) is 119 Å². The minimum Gasteiger partial charge on any atom is -0.463 e. The normalized spacial score (nSPS) is 11.4. The maximum absolute atomic E-state index is 11.8. The monoisotopic (exact) mass is 318 g/mol. The lowest BCUT2D eigenvalue weighted by atomic mass is 10.0. The van der Waals surface area contributed by atoms with Crippen LogP contribution in [0.2, 0.25) is 0 Å². The summed E-state index contributed by atoms with van der Waals surface area (Å²) in [5.41, 5.74) is 0.224. The standard InChI is InChI=1S/C14H22O8/c1-10(2)13(18)21-6-3-11(14(19)22-8-5-16)9-12(17)20-7-4-15/h11,15-16H,1,3-9H2,2H3. The summed E-state index contributed by atoms with van der Waals surface area (Å²) in [6.45, 7) is 3.82. The molecule has 0 aromatic rings. The molecule has 0 aliphatic rings. The Hall–Kier alpha value is -1.93. The SMILES string of the molecule is C=C(C)C(=O)OCCC(CC(=O)OCCO)C(=O)OCCO. The van der Waals surface area contributed by atoms with E-state index in [9.17, 15) is 14.4 Å². The van der Waals surface area contributed by atoms with Crippen molar-refractivity contribution in [3.8, 4) is 0 Å². The van der Waals surface area contributed by atoms with Gasteiger partial charge in [0.2, 0.25) is 0 Å². The van der Waals surface area contributed by atoms with Crippen molar-refractivity contribution in [1.29, 1.82) is 0 Å². The smallest absolute Gasteiger partial charge is 0.333 e. The lowest BCUT2D eigenvalue weighted by Crippen LogP contribution is -2.25. The molecule has 2 N–H and O–H groups in total. The second-order valence-electron chi connectivity index (χ2n) is 4.44. The fourth-order valence-electron chi connectivity index (χ4n) is 1.40. The molecule has 0 radical (unpaired) electrons. The Balaban J connectivity index is 4.44. The Morgan fingerprint density at radius 2 is 1.59 bits per heavy atom. The van der Waals surface area contributed by atoms with Crippen LogP contribution in [0.4, 0.5) is 0 Å². The van der Waals surface area contributed by atoms with Crippen LogP contribution in [0.25, 0.3) is 0 Å². The van der Waals surface area contributed by atoms with Gasteiger partial charge in [-0.3, -0.25) is 9.59 Å². The molecule has 0 aromatic heterocycles. The predicted molar refractivity (Wildman–Crippen MR) is 74.6 cm³/mol. The zero-order valence-electron chi connectivity index (χ0n) is 12.6. The molecular formula is C14H22O8. The highest BCUT2D eigenvalue weighted by Gasteiger charge is 2.24. The van der Waals surface area contributed by atoms with Gasteiger partial charge in [0.1, 0.15) is 13.2 Å². The number of hydrogen-bond acceptors (Lipinski definition) is 8. The zero-order valence-corrected chi connectivity index (χ0v) is 12.6. The van der Waals surface area contributed by atoms with Crippen LogP contribution in [0.3, 0.4) is 0 Å². The van der Waals surface area contributed by atoms with Crippen molar-refractivity contribution in [3.63, 3.8) is 0 Å². The molecular weight excluding hydrogens is 296 g/mol. The van der Waals surface area contributed by atoms with Crippen molar-refractivity contribution >= 4 is 17.9 Å². The van der Waals surface area contributed by atoms with E-state index in [-0.39, 0.29) is 51.4 Å².